The van der Waals surface area contributed by atoms with E-state index in [1.54, 1.807) is 11.0 Å². The number of benzodiazepines with no additional fused rings is 1. The van der Waals surface area contributed by atoms with Gasteiger partial charge < -0.3 is 20.9 Å². The minimum atomic E-state index is -1.10. The molecule has 1 atom stereocenters. The number of benzene rings is 3. The Hall–Kier alpha value is -4.23. The van der Waals surface area contributed by atoms with E-state index in [0.717, 1.165) is 27.7 Å². The highest BCUT2D eigenvalue weighted by molar-refractivity contribution is 6.20. The first-order valence-corrected chi connectivity index (χ1v) is 10.8. The number of carbonyl (C=O) groups is 2. The Bertz CT molecular complexity index is 1330. The molecule has 7 heteroatoms. The molecule has 1 aliphatic heterocycles. The fraction of sp³-hybridized carbons (Fsp3) is 0.115. The van der Waals surface area contributed by atoms with Crippen molar-refractivity contribution in [3.05, 3.63) is 102 Å². The number of H-pyrrole nitrogens is 1. The van der Waals surface area contributed by atoms with Gasteiger partial charge in [-0.2, -0.15) is 0 Å². The predicted octanol–water partition coefficient (Wildman–Crippen LogP) is 3.07. The fourth-order valence-electron chi connectivity index (χ4n) is 4.11. The Labute approximate surface area is 190 Å². The SMILES string of the molecule is NCCN1C(=O)C(NC(=O)c2cc3ccccc3[nH]2)N=C(c2ccccc2)c2ccccc21. The van der Waals surface area contributed by atoms with E-state index in [1.807, 2.05) is 78.9 Å². The first kappa shape index (κ1) is 20.7. The summed E-state index contributed by atoms with van der Waals surface area (Å²) in [5.41, 5.74) is 10.1. The van der Waals surface area contributed by atoms with Crippen molar-refractivity contribution in [2.24, 2.45) is 10.7 Å². The van der Waals surface area contributed by atoms with Crippen molar-refractivity contribution >= 4 is 34.1 Å². The molecular weight excluding hydrogens is 414 g/mol. The smallest absolute Gasteiger partial charge is 0.272 e. The molecule has 4 aromatic rings. The fourth-order valence-corrected chi connectivity index (χ4v) is 4.11. The zero-order valence-electron chi connectivity index (χ0n) is 17.9. The van der Waals surface area contributed by atoms with Gasteiger partial charge in [-0.3, -0.25) is 9.59 Å². The van der Waals surface area contributed by atoms with Gasteiger partial charge in [-0.25, -0.2) is 4.99 Å². The Morgan fingerprint density at radius 1 is 1.00 bits per heavy atom. The predicted molar refractivity (Wildman–Crippen MR) is 129 cm³/mol. The van der Waals surface area contributed by atoms with Gasteiger partial charge in [0.25, 0.3) is 11.8 Å². The van der Waals surface area contributed by atoms with Crippen LogP contribution in [0, 0.1) is 0 Å². The van der Waals surface area contributed by atoms with Crippen LogP contribution in [0.3, 0.4) is 0 Å². The van der Waals surface area contributed by atoms with Crippen LogP contribution in [0.15, 0.2) is 89.9 Å². The van der Waals surface area contributed by atoms with Crippen LogP contribution in [0.4, 0.5) is 5.69 Å². The van der Waals surface area contributed by atoms with Crippen LogP contribution in [0.1, 0.15) is 21.6 Å². The van der Waals surface area contributed by atoms with Crippen molar-refractivity contribution in [2.45, 2.75) is 6.17 Å². The number of aliphatic imine (C=N–C) groups is 1. The first-order valence-electron chi connectivity index (χ1n) is 10.8. The van der Waals surface area contributed by atoms with E-state index < -0.39 is 12.1 Å². The average Bonchev–Trinajstić information content (AvgIpc) is 3.26. The van der Waals surface area contributed by atoms with Gasteiger partial charge in [0.15, 0.2) is 0 Å². The third-order valence-corrected chi connectivity index (χ3v) is 5.65. The van der Waals surface area contributed by atoms with E-state index in [1.165, 1.54) is 0 Å². The normalized spacial score (nSPS) is 15.7. The van der Waals surface area contributed by atoms with Crippen LogP contribution in [0.25, 0.3) is 10.9 Å². The molecule has 0 saturated carbocycles. The second kappa shape index (κ2) is 8.72. The van der Waals surface area contributed by atoms with E-state index in [9.17, 15) is 9.59 Å². The molecule has 0 fully saturated rings. The summed E-state index contributed by atoms with van der Waals surface area (Å²) in [6.45, 7) is 0.593. The van der Waals surface area contributed by atoms with Crippen molar-refractivity contribution in [3.8, 4) is 0 Å². The van der Waals surface area contributed by atoms with Gasteiger partial charge in [0.05, 0.1) is 11.4 Å². The number of nitrogens with zero attached hydrogens (tertiary/aromatic N) is 2. The zero-order valence-corrected chi connectivity index (χ0v) is 17.9. The molecule has 7 nitrogen and oxygen atoms in total. The summed E-state index contributed by atoms with van der Waals surface area (Å²) in [6, 6.07) is 26.6. The Morgan fingerprint density at radius 3 is 2.52 bits per heavy atom. The second-order valence-electron chi connectivity index (χ2n) is 7.79. The summed E-state index contributed by atoms with van der Waals surface area (Å²) >= 11 is 0. The number of nitrogens with one attached hydrogen (secondary N) is 2. The van der Waals surface area contributed by atoms with E-state index in [4.69, 9.17) is 10.7 Å². The maximum absolute atomic E-state index is 13.6. The lowest BCUT2D eigenvalue weighted by Crippen LogP contribution is -2.48. The lowest BCUT2D eigenvalue weighted by atomic mass is 10.0. The molecule has 2 amide bonds. The highest BCUT2D eigenvalue weighted by Crippen LogP contribution is 2.28. The van der Waals surface area contributed by atoms with E-state index in [0.29, 0.717) is 18.0 Å². The number of para-hydroxylation sites is 2. The van der Waals surface area contributed by atoms with Gasteiger partial charge in [-0.15, -0.1) is 0 Å². The van der Waals surface area contributed by atoms with Gasteiger partial charge in [0.2, 0.25) is 6.17 Å². The van der Waals surface area contributed by atoms with E-state index in [-0.39, 0.29) is 12.5 Å². The van der Waals surface area contributed by atoms with Gasteiger partial charge in [-0.1, -0.05) is 66.7 Å². The van der Waals surface area contributed by atoms with Gasteiger partial charge in [0, 0.05) is 35.1 Å². The molecular formula is C26H23N5O2. The number of nitrogens with two attached hydrogens (primary N) is 1. The molecule has 0 saturated heterocycles. The number of aromatic amines is 1. The molecule has 0 bridgehead atoms. The third kappa shape index (κ3) is 3.90. The van der Waals surface area contributed by atoms with Crippen LogP contribution in [-0.2, 0) is 4.79 Å². The molecule has 2 heterocycles. The molecule has 1 aromatic heterocycles. The first-order chi connectivity index (χ1) is 16.2. The zero-order chi connectivity index (χ0) is 22.8. The van der Waals surface area contributed by atoms with Crippen molar-refractivity contribution in [1.82, 2.24) is 10.3 Å². The molecule has 0 radical (unpaired) electrons. The minimum absolute atomic E-state index is 0.281. The number of amides is 2. The van der Waals surface area contributed by atoms with Crippen molar-refractivity contribution in [3.63, 3.8) is 0 Å². The van der Waals surface area contributed by atoms with Crippen molar-refractivity contribution < 1.29 is 9.59 Å². The molecule has 1 aliphatic rings. The molecule has 5 rings (SSSR count). The number of aromatic nitrogens is 1. The molecule has 1 unspecified atom stereocenters. The van der Waals surface area contributed by atoms with Crippen LogP contribution in [-0.4, -0.2) is 41.8 Å². The maximum atomic E-state index is 13.6. The Balaban J connectivity index is 1.58. The Morgan fingerprint density at radius 2 is 1.73 bits per heavy atom. The van der Waals surface area contributed by atoms with Crippen LogP contribution < -0.4 is 16.0 Å². The van der Waals surface area contributed by atoms with Crippen molar-refractivity contribution in [1.29, 1.82) is 0 Å². The molecule has 3 aromatic carbocycles. The van der Waals surface area contributed by atoms with E-state index >= 15 is 0 Å². The summed E-state index contributed by atoms with van der Waals surface area (Å²) in [4.78, 5) is 36.1. The number of hydrogen-bond donors (Lipinski definition) is 3. The lowest BCUT2D eigenvalue weighted by Gasteiger charge is -2.24. The average molecular weight is 438 g/mol. The highest BCUT2D eigenvalue weighted by atomic mass is 16.2. The maximum Gasteiger partial charge on any atom is 0.272 e. The topological polar surface area (TPSA) is 104 Å². The second-order valence-corrected chi connectivity index (χ2v) is 7.79. The molecule has 0 spiro atoms. The quantitative estimate of drug-likeness (QED) is 0.447. The summed E-state index contributed by atoms with van der Waals surface area (Å²) in [7, 11) is 0. The Kier molecular flexibility index (Phi) is 5.46. The van der Waals surface area contributed by atoms with Crippen LogP contribution >= 0.6 is 0 Å². The number of anilines is 1. The van der Waals surface area contributed by atoms with Crippen molar-refractivity contribution in [2.75, 3.05) is 18.0 Å². The summed E-state index contributed by atoms with van der Waals surface area (Å²) in [5, 5.41) is 3.74. The monoisotopic (exact) mass is 437 g/mol. The molecule has 0 aliphatic carbocycles. The van der Waals surface area contributed by atoms with Gasteiger partial charge in [-0.05, 0) is 18.2 Å². The molecule has 164 valence electrons. The largest absolute Gasteiger partial charge is 0.351 e. The number of rotatable bonds is 5. The summed E-state index contributed by atoms with van der Waals surface area (Å²) in [5.74, 6) is -0.734. The van der Waals surface area contributed by atoms with Gasteiger partial charge in [0.1, 0.15) is 5.69 Å². The summed E-state index contributed by atoms with van der Waals surface area (Å²) < 4.78 is 0. The standard InChI is InChI=1S/C26H23N5O2/c27-14-15-31-22-13-7-5-11-19(22)23(17-8-2-1-3-9-17)29-24(26(31)33)30-25(32)21-16-18-10-4-6-12-20(18)28-21/h1-13,16,24,28H,14-15,27H2,(H,30,32). The highest BCUT2D eigenvalue weighted by Gasteiger charge is 2.33. The van der Waals surface area contributed by atoms with Crippen LogP contribution in [0.2, 0.25) is 0 Å². The summed E-state index contributed by atoms with van der Waals surface area (Å²) in [6.07, 6.45) is -1.10. The van der Waals surface area contributed by atoms with Crippen LogP contribution in [0.5, 0.6) is 0 Å². The van der Waals surface area contributed by atoms with E-state index in [2.05, 4.69) is 10.3 Å². The minimum Gasteiger partial charge on any atom is -0.351 e. The van der Waals surface area contributed by atoms with Gasteiger partial charge >= 0.3 is 0 Å². The lowest BCUT2D eigenvalue weighted by molar-refractivity contribution is -0.120. The molecule has 33 heavy (non-hydrogen) atoms. The number of fused-ring (bicyclic) bond motifs is 2. The number of hydrogen-bond acceptors (Lipinski definition) is 4. The third-order valence-electron chi connectivity index (χ3n) is 5.65. The number of carbonyl (C=O) groups excluding carboxylic acids is 2. The molecule has 4 N–H and O–H groups in total.